The summed E-state index contributed by atoms with van der Waals surface area (Å²) in [7, 11) is 0. The van der Waals surface area contributed by atoms with Gasteiger partial charge in [0.05, 0.1) is 94.0 Å². The summed E-state index contributed by atoms with van der Waals surface area (Å²) in [4.78, 5) is 0. The molecule has 0 saturated carbocycles. The third-order valence-corrected chi connectivity index (χ3v) is 28.8. The van der Waals surface area contributed by atoms with Gasteiger partial charge >= 0.3 is 0 Å². The summed E-state index contributed by atoms with van der Waals surface area (Å²) >= 11 is 3.38. The lowest BCUT2D eigenvalue weighted by atomic mass is 9.66. The van der Waals surface area contributed by atoms with Crippen LogP contribution in [0.25, 0.3) is 86.5 Å². The van der Waals surface area contributed by atoms with Crippen molar-refractivity contribution in [3.8, 4) is 22.7 Å². The van der Waals surface area contributed by atoms with E-state index in [1.54, 1.807) is 108 Å². The molecule has 4 aliphatic rings. The summed E-state index contributed by atoms with van der Waals surface area (Å²) in [6.45, 7) is 8.54. The van der Waals surface area contributed by atoms with E-state index in [0.717, 1.165) is 176 Å². The molecule has 18 aromatic rings. The number of aliphatic hydroxyl groups excluding tert-OH is 4. The van der Waals surface area contributed by atoms with Gasteiger partial charge in [0.25, 0.3) is 0 Å². The fourth-order valence-electron chi connectivity index (χ4n) is 20.0. The van der Waals surface area contributed by atoms with E-state index in [0.29, 0.717) is 11.1 Å². The molecule has 0 radical (unpaired) electrons. The molecule has 0 bridgehead atoms. The number of hydrogen-bond donors (Lipinski definition) is 4. The first-order chi connectivity index (χ1) is 60.0. The molecule has 22 rings (SSSR count). The molecule has 624 valence electrons. The van der Waals surface area contributed by atoms with Gasteiger partial charge in [-0.15, -0.1) is 22.7 Å². The summed E-state index contributed by atoms with van der Waals surface area (Å²) in [5.41, 5.74) is 18.5. The number of nitrogens with zero attached hydrogens (tertiary/aromatic N) is 8. The van der Waals surface area contributed by atoms with Gasteiger partial charge in [0, 0.05) is 52.6 Å². The third kappa shape index (κ3) is 14.9. The molecule has 8 atom stereocenters. The zero-order chi connectivity index (χ0) is 85.5. The Hall–Kier alpha value is -12.1. The molecule has 0 saturated heterocycles. The zero-order valence-corrected chi connectivity index (χ0v) is 70.4. The fraction of sp³-hybridized carbons (Fsp3) is 0.231. The molecule has 124 heavy (non-hydrogen) atoms. The minimum atomic E-state index is -0.734. The van der Waals surface area contributed by atoms with E-state index in [-0.39, 0.29) is 45.7 Å². The molecule has 0 aliphatic heterocycles. The number of aryl methyl sites for hydroxylation is 4. The second kappa shape index (κ2) is 32.8. The van der Waals surface area contributed by atoms with Gasteiger partial charge in [0.15, 0.2) is 0 Å². The predicted molar refractivity (Wildman–Crippen MR) is 482 cm³/mol. The normalized spacial score (nSPS) is 19.5. The lowest BCUT2D eigenvalue weighted by Gasteiger charge is -2.40. The largest absolute Gasteiger partial charge is 0.387 e. The van der Waals surface area contributed by atoms with Gasteiger partial charge < -0.3 is 20.4 Å². The summed E-state index contributed by atoms with van der Waals surface area (Å²) in [6, 6.07) is 71.5. The molecule has 6 aromatic heterocycles. The van der Waals surface area contributed by atoms with Crippen molar-refractivity contribution in [3.05, 3.63) is 380 Å². The van der Waals surface area contributed by atoms with E-state index in [2.05, 4.69) is 132 Å². The van der Waals surface area contributed by atoms with Gasteiger partial charge in [-0.25, -0.2) is 45.1 Å². The van der Waals surface area contributed by atoms with Crippen LogP contribution in [0.15, 0.2) is 278 Å². The van der Waals surface area contributed by atoms with E-state index in [9.17, 15) is 46.8 Å². The number of aromatic nitrogens is 8. The topological polar surface area (TPSA) is 152 Å². The minimum absolute atomic E-state index is 0.256. The van der Waals surface area contributed by atoms with Crippen LogP contribution in [-0.4, -0.2) is 59.5 Å². The van der Waals surface area contributed by atoms with Gasteiger partial charge in [-0.2, -0.15) is 20.4 Å². The predicted octanol–water partition coefficient (Wildman–Crippen LogP) is 24.7. The number of aliphatic hydroxyl groups is 4. The average molecular weight is 1690 g/mol. The Morgan fingerprint density at radius 3 is 0.790 bits per heavy atom. The van der Waals surface area contributed by atoms with Crippen LogP contribution in [0.5, 0.6) is 0 Å². The molecule has 6 heterocycles. The zero-order valence-electron chi connectivity index (χ0n) is 68.8. The SMILES string of the molecule is C[C@@]1([C@@H](O)c2ccc(F)cc2)CCCc2cc3c(cnn3-c3ccc(F)cc3)cc21.C[C@@]1([C@H](O)c2ccc(F)cc2)CCCc2cc3c(cnn3-c3ccc(F)cc3)cc21.C[C@]1([C@@H](O)c2csc3ccccc23)CCCc2cc3c(cnn3-c3ccc(F)cc3)cc21.C[C@]1([C@H](O)c2csc3ccccc23)CCCc2cc3c(cnn3-c3ccc(F)cc3)cc21. The molecule has 4 N–H and O–H groups in total. The third-order valence-electron chi connectivity index (χ3n) is 26.9. The molecule has 0 fully saturated rings. The van der Waals surface area contributed by atoms with Crippen LogP contribution in [0.4, 0.5) is 26.3 Å². The molecule has 0 unspecified atom stereocenters. The maximum absolute atomic E-state index is 13.4. The molecule has 20 heteroatoms. The summed E-state index contributed by atoms with van der Waals surface area (Å²) < 4.78 is 89.9. The molecular weight excluding hydrogens is 1600 g/mol. The molecule has 0 amide bonds. The first-order valence-corrected chi connectivity index (χ1v) is 44.0. The first-order valence-electron chi connectivity index (χ1n) is 42.2. The molecule has 12 nitrogen and oxygen atoms in total. The lowest BCUT2D eigenvalue weighted by Crippen LogP contribution is -2.34. The van der Waals surface area contributed by atoms with Gasteiger partial charge in [0.2, 0.25) is 0 Å². The highest BCUT2D eigenvalue weighted by molar-refractivity contribution is 7.17. The van der Waals surface area contributed by atoms with Crippen LogP contribution >= 0.6 is 22.7 Å². The number of hydrogen-bond acceptors (Lipinski definition) is 10. The van der Waals surface area contributed by atoms with E-state index in [1.807, 2.05) is 55.4 Å². The summed E-state index contributed by atoms with van der Waals surface area (Å²) in [5.74, 6) is -1.69. The Kier molecular flexibility index (Phi) is 21.6. The van der Waals surface area contributed by atoms with Crippen molar-refractivity contribution in [2.24, 2.45) is 0 Å². The first kappa shape index (κ1) is 81.5. The number of fused-ring (bicyclic) bond motifs is 10. The van der Waals surface area contributed by atoms with Crippen LogP contribution in [0.1, 0.15) is 170 Å². The van der Waals surface area contributed by atoms with Crippen molar-refractivity contribution in [1.82, 2.24) is 39.1 Å². The molecule has 0 spiro atoms. The van der Waals surface area contributed by atoms with Gasteiger partial charge in [-0.1, -0.05) is 88.4 Å². The van der Waals surface area contributed by atoms with Crippen LogP contribution in [-0.2, 0) is 47.3 Å². The summed E-state index contributed by atoms with van der Waals surface area (Å²) in [5, 5.41) is 74.5. The van der Waals surface area contributed by atoms with E-state index >= 15 is 0 Å². The Balaban J connectivity index is 0.000000108. The maximum atomic E-state index is 13.4. The van der Waals surface area contributed by atoms with Crippen molar-refractivity contribution in [3.63, 3.8) is 0 Å². The summed E-state index contributed by atoms with van der Waals surface area (Å²) in [6.07, 6.45) is 16.0. The van der Waals surface area contributed by atoms with E-state index < -0.39 is 35.2 Å². The maximum Gasteiger partial charge on any atom is 0.123 e. The Morgan fingerprint density at radius 2 is 0.532 bits per heavy atom. The number of benzene rings is 12. The Bertz CT molecular complexity index is 6590. The molecular formula is C104H90F6N8O4S2. The van der Waals surface area contributed by atoms with Crippen LogP contribution in [0.2, 0.25) is 0 Å². The monoisotopic (exact) mass is 1690 g/mol. The van der Waals surface area contributed by atoms with Crippen LogP contribution in [0.3, 0.4) is 0 Å². The highest BCUT2D eigenvalue weighted by atomic mass is 32.1. The standard InChI is InChI=1S/2C27H23FN2OS.2C25H22F2N2O/c2*1-27(26(31)22-16-32-25-7-3-2-6-21(22)25)12-4-5-17-14-24-18(13-23(17)27)15-29-30(24)20-10-8-19(28)9-11-20;2*1-25(24(30)16-4-6-19(26)7-5-16)12-2-3-17-14-23-18(13-22(17)25)15-28-29(23)21-10-8-20(27)9-11-21/h2*2-3,6-11,13-16,26,31H,4-5,12H2,1H3;2*4-11,13-15,24,30H,2-3,12H2,1H3/t26-,27+;26-,27-;24-,25+;24-,25-/m1001/s1. The van der Waals surface area contributed by atoms with Gasteiger partial charge in [-0.05, 0) is 347 Å². The van der Waals surface area contributed by atoms with E-state index in [4.69, 9.17) is 0 Å². The minimum Gasteiger partial charge on any atom is -0.387 e. The van der Waals surface area contributed by atoms with Crippen molar-refractivity contribution < 1.29 is 46.8 Å². The smallest absolute Gasteiger partial charge is 0.123 e. The number of halogens is 6. The lowest BCUT2D eigenvalue weighted by molar-refractivity contribution is 0.0782. The number of rotatable bonds is 12. The average Bonchev–Trinajstić information content (AvgIpc) is 1.18. The van der Waals surface area contributed by atoms with Gasteiger partial charge in [-0.3, -0.25) is 0 Å². The van der Waals surface area contributed by atoms with E-state index in [1.165, 1.54) is 116 Å². The second-order valence-electron chi connectivity index (χ2n) is 34.6. The molecule has 4 aliphatic carbocycles. The van der Waals surface area contributed by atoms with Crippen molar-refractivity contribution in [2.45, 2.75) is 151 Å². The molecule has 12 aromatic carbocycles. The van der Waals surface area contributed by atoms with Crippen molar-refractivity contribution in [2.75, 3.05) is 0 Å². The van der Waals surface area contributed by atoms with Gasteiger partial charge in [0.1, 0.15) is 34.9 Å². The Labute approximate surface area is 721 Å². The fourth-order valence-corrected chi connectivity index (χ4v) is 21.9. The van der Waals surface area contributed by atoms with Crippen LogP contribution < -0.4 is 0 Å². The van der Waals surface area contributed by atoms with Crippen molar-refractivity contribution in [1.29, 1.82) is 0 Å². The quantitative estimate of drug-likeness (QED) is 0.0883. The second-order valence-corrected chi connectivity index (χ2v) is 36.4. The highest BCUT2D eigenvalue weighted by Crippen LogP contribution is 2.54. The Morgan fingerprint density at radius 1 is 0.298 bits per heavy atom. The van der Waals surface area contributed by atoms with Crippen LogP contribution in [0, 0.1) is 34.9 Å². The van der Waals surface area contributed by atoms with Crippen molar-refractivity contribution >= 4 is 86.5 Å². The number of thiophene rings is 2. The highest BCUT2D eigenvalue weighted by Gasteiger charge is 2.45.